The van der Waals surface area contributed by atoms with Crippen molar-refractivity contribution in [1.82, 2.24) is 41.5 Å². The molecule has 13 unspecified atom stereocenters. The Bertz CT molecular complexity index is 1830. The average Bonchev–Trinajstić information content (AvgIpc) is 3.34. The summed E-state index contributed by atoms with van der Waals surface area (Å²) in [6.45, 7) is 12.3. The van der Waals surface area contributed by atoms with Crippen LogP contribution in [0.15, 0.2) is 30.3 Å². The van der Waals surface area contributed by atoms with E-state index in [9.17, 15) is 54.7 Å². The second kappa shape index (κ2) is 27.0. The number of amides is 4. The molecule has 0 radical (unpaired) electrons. The van der Waals surface area contributed by atoms with Gasteiger partial charge in [-0.2, -0.15) is 0 Å². The molecule has 11 N–H and O–H groups in total. The minimum atomic E-state index is -2.18. The van der Waals surface area contributed by atoms with E-state index in [0.29, 0.717) is 47.6 Å². The molecule has 392 valence electrons. The third-order valence-corrected chi connectivity index (χ3v) is 15.2. The highest BCUT2D eigenvalue weighted by atomic mass is 127. The zero-order valence-corrected chi connectivity index (χ0v) is 45.1. The molecular weight excluding hydrogens is 1130 g/mol. The van der Waals surface area contributed by atoms with Gasteiger partial charge >= 0.3 is 0 Å². The summed E-state index contributed by atoms with van der Waals surface area (Å²) in [5.74, 6) is -5.12. The summed E-state index contributed by atoms with van der Waals surface area (Å²) < 4.78 is 12.2. The second-order valence-electron chi connectivity index (χ2n) is 19.5. The molecule has 0 bridgehead atoms. The van der Waals surface area contributed by atoms with Crippen LogP contribution in [-0.2, 0) is 39.9 Å². The molecule has 0 saturated carbocycles. The highest BCUT2D eigenvalue weighted by Gasteiger charge is 2.61. The molecule has 3 saturated heterocycles. The van der Waals surface area contributed by atoms with Gasteiger partial charge in [0.25, 0.3) is 29.8 Å². The number of carbonyl (C=O) groups excluding carboxylic acids is 5. The quantitative estimate of drug-likeness (QED) is 0.0100. The van der Waals surface area contributed by atoms with E-state index in [0.717, 1.165) is 17.0 Å². The van der Waals surface area contributed by atoms with Crippen LogP contribution in [-0.4, -0.2) is 182 Å². The molecule has 3 fully saturated rings. The zero-order valence-electron chi connectivity index (χ0n) is 40.8. The summed E-state index contributed by atoms with van der Waals surface area (Å²) >= 11 is 4.15. The fraction of sp³-hybridized carbons (Fsp3) is 0.761. The number of rotatable bonds is 24. The topological polar surface area (TPSA) is 289 Å². The fourth-order valence-electron chi connectivity index (χ4n) is 9.32. The number of hydrogen-bond acceptors (Lipinski definition) is 16. The molecule has 0 spiro atoms. The number of aliphatic hydroxyl groups is 4. The average molecular weight is 1200 g/mol. The van der Waals surface area contributed by atoms with Gasteiger partial charge in [-0.3, -0.25) is 49.4 Å². The molecule has 21 nitrogen and oxygen atoms in total. The lowest BCUT2D eigenvalue weighted by molar-refractivity contribution is -0.354. The third-order valence-electron chi connectivity index (χ3n) is 13.5. The van der Waals surface area contributed by atoms with Crippen LogP contribution < -0.4 is 21.5 Å². The summed E-state index contributed by atoms with van der Waals surface area (Å²) in [5.41, 5.74) is 4.52. The first kappa shape index (κ1) is 59.2. The van der Waals surface area contributed by atoms with Crippen molar-refractivity contribution in [3.63, 3.8) is 0 Å². The molecule has 4 rings (SSSR count). The fourth-order valence-corrected chi connectivity index (χ4v) is 11.1. The molecule has 3 aliphatic heterocycles. The number of hydrazine groups is 2. The summed E-state index contributed by atoms with van der Waals surface area (Å²) in [7, 11) is 0. The lowest BCUT2D eigenvalue weighted by Gasteiger charge is -2.48. The molecule has 0 aromatic heterocycles. The standard InChI is InChI=1S/C46H76I2N8O13/c1-27(2)21-32-17-18-46(66,69-36(32)23-47)45(7,65)44(64)52-37(38(28(3)4)68-26-58)43(63)55-34(16-12-20-50-55)42(62)56(67)30(6)40(60)53(25-48)35(22-31-13-9-8-10-14-31)41(61)54-33(15-11-19-49-54)39(59)51-29(5)24-57/h8-10,13-14,26-30,32-38,40,44,49-50,52,57,60,64-67H,11-12,15-25H2,1-7H3,(H,51,59)/p+1. The van der Waals surface area contributed by atoms with Gasteiger partial charge in [-0.25, -0.2) is 15.9 Å². The van der Waals surface area contributed by atoms with Crippen molar-refractivity contribution < 1.29 is 64.2 Å². The highest BCUT2D eigenvalue weighted by Crippen LogP contribution is 2.42. The number of hydroxylamine groups is 2. The maximum atomic E-state index is 14.9. The molecule has 4 amide bonds. The van der Waals surface area contributed by atoms with Gasteiger partial charge in [-0.1, -0.05) is 103 Å². The number of benzene rings is 1. The maximum Gasteiger partial charge on any atom is 0.293 e. The molecule has 3 heterocycles. The van der Waals surface area contributed by atoms with Gasteiger partial charge in [0.15, 0.2) is 6.23 Å². The first-order valence-corrected chi connectivity index (χ1v) is 27.0. The SMILES string of the molecule is CC(C)CC1CCC(O)(C(C)([OH2+])C(O)NC(C(=O)N2NCCCC2C(=O)N(O)C(C)C(O)N(CI)C(Cc2ccccc2)C(=O)N2NCCCC2C(=O)NC(C)CO)C(OC=O)C(C)C)OC1CI. The first-order chi connectivity index (χ1) is 32.6. The highest BCUT2D eigenvalue weighted by molar-refractivity contribution is 14.1. The maximum absolute atomic E-state index is 14.9. The second-order valence-corrected chi connectivity index (χ2v) is 21.1. The predicted octanol–water partition coefficient (Wildman–Crippen LogP) is 0.628. The van der Waals surface area contributed by atoms with Gasteiger partial charge in [0.1, 0.15) is 30.5 Å². The monoisotopic (exact) mass is 1200 g/mol. The van der Waals surface area contributed by atoms with Crippen LogP contribution >= 0.6 is 45.2 Å². The number of aliphatic hydroxyl groups excluding tert-OH is 3. The van der Waals surface area contributed by atoms with Crippen molar-refractivity contribution in [3.8, 4) is 0 Å². The number of halogens is 2. The minimum absolute atomic E-state index is 0.0196. The molecule has 23 heteroatoms. The Labute approximate surface area is 432 Å². The van der Waals surface area contributed by atoms with E-state index in [1.54, 1.807) is 32.9 Å². The van der Waals surface area contributed by atoms with E-state index in [1.807, 2.05) is 40.8 Å². The molecule has 13 atom stereocenters. The lowest BCUT2D eigenvalue weighted by atomic mass is 9.79. The molecule has 1 aromatic rings. The van der Waals surface area contributed by atoms with Gasteiger partial charge in [-0.15, -0.1) is 0 Å². The van der Waals surface area contributed by atoms with E-state index >= 15 is 0 Å². The van der Waals surface area contributed by atoms with Gasteiger partial charge in [0.05, 0.1) is 29.3 Å². The summed E-state index contributed by atoms with van der Waals surface area (Å²) in [6, 6.07) is 1.98. The Morgan fingerprint density at radius 1 is 1.00 bits per heavy atom. The number of alkyl halides is 2. The van der Waals surface area contributed by atoms with E-state index in [1.165, 1.54) is 23.8 Å². The number of ether oxygens (including phenoxy) is 2. The van der Waals surface area contributed by atoms with Crippen molar-refractivity contribution in [2.75, 3.05) is 28.7 Å². The van der Waals surface area contributed by atoms with Gasteiger partial charge in [0.2, 0.25) is 11.7 Å². The molecule has 1 aromatic carbocycles. The van der Waals surface area contributed by atoms with Gasteiger partial charge < -0.3 is 40.3 Å². The lowest BCUT2D eigenvalue weighted by Crippen LogP contribution is -2.71. The summed E-state index contributed by atoms with van der Waals surface area (Å²) in [4.78, 5) is 70.8. The van der Waals surface area contributed by atoms with Crippen LogP contribution in [0, 0.1) is 17.8 Å². The molecule has 0 aliphatic carbocycles. The van der Waals surface area contributed by atoms with Gasteiger partial charge in [0, 0.05) is 36.9 Å². The number of hydrogen-bond donors (Lipinski definition) is 9. The van der Waals surface area contributed by atoms with Gasteiger partial charge in [-0.05, 0) is 82.1 Å². The smallest absolute Gasteiger partial charge is 0.293 e. The Morgan fingerprint density at radius 3 is 2.16 bits per heavy atom. The van der Waals surface area contributed by atoms with E-state index < -0.39 is 102 Å². The van der Waals surface area contributed by atoms with Crippen molar-refractivity contribution in [1.29, 1.82) is 0 Å². The Morgan fingerprint density at radius 2 is 1.61 bits per heavy atom. The largest absolute Gasteiger partial charge is 0.462 e. The molecule has 3 aliphatic rings. The van der Waals surface area contributed by atoms with Crippen LogP contribution in [0.4, 0.5) is 0 Å². The van der Waals surface area contributed by atoms with Crippen LogP contribution in [0.25, 0.3) is 0 Å². The van der Waals surface area contributed by atoms with Crippen LogP contribution in [0.3, 0.4) is 0 Å². The predicted molar refractivity (Wildman–Crippen MR) is 271 cm³/mol. The van der Waals surface area contributed by atoms with E-state index in [4.69, 9.17) is 9.47 Å². The Balaban J connectivity index is 1.62. The summed E-state index contributed by atoms with van der Waals surface area (Å²) in [6.07, 6.45) is -2.51. The number of nitrogens with zero attached hydrogens (tertiary/aromatic N) is 4. The summed E-state index contributed by atoms with van der Waals surface area (Å²) in [5, 5.41) is 74.6. The Kier molecular flexibility index (Phi) is 23.2. The van der Waals surface area contributed by atoms with Crippen LogP contribution in [0.2, 0.25) is 0 Å². The van der Waals surface area contributed by atoms with E-state index in [-0.39, 0.29) is 49.4 Å². The zero-order chi connectivity index (χ0) is 51.4. The molecular formula is C46H77I2N8O13+. The first-order valence-electron chi connectivity index (χ1n) is 23.9. The molecule has 69 heavy (non-hydrogen) atoms. The van der Waals surface area contributed by atoms with Crippen LogP contribution in [0.1, 0.15) is 99.0 Å². The van der Waals surface area contributed by atoms with Crippen molar-refractivity contribution >= 4 is 75.3 Å². The van der Waals surface area contributed by atoms with E-state index in [2.05, 4.69) is 57.9 Å². The third kappa shape index (κ3) is 14.6. The van der Waals surface area contributed by atoms with Crippen molar-refractivity contribution in [2.45, 2.75) is 172 Å². The normalized spacial score (nSPS) is 26.3. The minimum Gasteiger partial charge on any atom is -0.462 e. The Hall–Kier alpha value is -2.41. The number of nitrogens with one attached hydrogen (secondary N) is 4. The number of carbonyl (C=O) groups is 5. The van der Waals surface area contributed by atoms with Crippen LogP contribution in [0.5, 0.6) is 0 Å². The van der Waals surface area contributed by atoms with Crippen molar-refractivity contribution in [3.05, 3.63) is 35.9 Å². The van der Waals surface area contributed by atoms with Crippen molar-refractivity contribution in [2.24, 2.45) is 17.8 Å².